The van der Waals surface area contributed by atoms with Gasteiger partial charge in [0.1, 0.15) is 4.64 Å². The van der Waals surface area contributed by atoms with Crippen molar-refractivity contribution in [3.05, 3.63) is 15.9 Å². The summed E-state index contributed by atoms with van der Waals surface area (Å²) < 4.78 is 0.801. The van der Waals surface area contributed by atoms with Crippen molar-refractivity contribution < 1.29 is 0 Å². The molecule has 0 atom stereocenters. The van der Waals surface area contributed by atoms with Crippen molar-refractivity contribution in [2.75, 3.05) is 18.0 Å². The summed E-state index contributed by atoms with van der Waals surface area (Å²) in [6.07, 6.45) is 4.72. The Morgan fingerprint density at radius 2 is 1.94 bits per heavy atom. The number of aromatic amines is 1. The van der Waals surface area contributed by atoms with Crippen LogP contribution in [0.25, 0.3) is 0 Å². The number of nitrogens with one attached hydrogen (secondary N) is 1. The smallest absolute Gasteiger partial charge is 0.204 e. The predicted molar refractivity (Wildman–Crippen MR) is 69.6 cm³/mol. The number of fused-ring (bicyclic) bond motifs is 1. The molecule has 0 bridgehead atoms. The second-order valence-electron chi connectivity index (χ2n) is 4.20. The molecule has 1 aliphatic rings. The number of anilines is 1. The van der Waals surface area contributed by atoms with Crippen LogP contribution in [0.2, 0.25) is 0 Å². The highest BCUT2D eigenvalue weighted by atomic mass is 32.1. The maximum absolute atomic E-state index is 5.38. The lowest BCUT2D eigenvalue weighted by atomic mass is 9.98. The summed E-state index contributed by atoms with van der Waals surface area (Å²) >= 11 is 5.38. The molecular formula is C12H19N3S. The molecule has 0 saturated heterocycles. The molecule has 4 heteroatoms. The van der Waals surface area contributed by atoms with Crippen LogP contribution in [0.15, 0.2) is 0 Å². The van der Waals surface area contributed by atoms with Gasteiger partial charge in [-0.15, -0.1) is 0 Å². The second kappa shape index (κ2) is 4.95. The van der Waals surface area contributed by atoms with Gasteiger partial charge >= 0.3 is 0 Å². The summed E-state index contributed by atoms with van der Waals surface area (Å²) in [6, 6.07) is 0. The van der Waals surface area contributed by atoms with Crippen LogP contribution in [-0.4, -0.2) is 23.1 Å². The molecule has 0 aromatic carbocycles. The van der Waals surface area contributed by atoms with Gasteiger partial charge in [-0.05, 0) is 39.5 Å². The van der Waals surface area contributed by atoms with Crippen molar-refractivity contribution in [1.29, 1.82) is 0 Å². The van der Waals surface area contributed by atoms with Gasteiger partial charge in [0.15, 0.2) is 0 Å². The molecule has 1 N–H and O–H groups in total. The molecule has 1 aliphatic carbocycles. The summed E-state index contributed by atoms with van der Waals surface area (Å²) in [5.41, 5.74) is 2.59. The average molecular weight is 237 g/mol. The first-order valence-corrected chi connectivity index (χ1v) is 6.54. The van der Waals surface area contributed by atoms with Crippen LogP contribution in [0.1, 0.15) is 37.9 Å². The van der Waals surface area contributed by atoms with Crippen LogP contribution in [-0.2, 0) is 12.8 Å². The van der Waals surface area contributed by atoms with Gasteiger partial charge in [0.05, 0.1) is 0 Å². The SMILES string of the molecule is CCN(CC)c1nc(=S)c2c([nH]1)CCCC2. The van der Waals surface area contributed by atoms with Crippen molar-refractivity contribution in [2.24, 2.45) is 0 Å². The lowest BCUT2D eigenvalue weighted by molar-refractivity contribution is 0.655. The fraction of sp³-hybridized carbons (Fsp3) is 0.667. The molecule has 1 heterocycles. The number of aryl methyl sites for hydroxylation is 1. The molecule has 0 spiro atoms. The monoisotopic (exact) mass is 237 g/mol. The van der Waals surface area contributed by atoms with E-state index in [1.165, 1.54) is 24.1 Å². The number of hydrogen-bond donors (Lipinski definition) is 1. The summed E-state index contributed by atoms with van der Waals surface area (Å²) in [5, 5.41) is 0. The molecule has 1 aromatic heterocycles. The zero-order valence-corrected chi connectivity index (χ0v) is 10.9. The third-order valence-corrected chi connectivity index (χ3v) is 3.60. The molecular weight excluding hydrogens is 218 g/mol. The predicted octanol–water partition coefficient (Wildman–Crippen LogP) is 2.86. The van der Waals surface area contributed by atoms with Gasteiger partial charge in [-0.1, -0.05) is 12.2 Å². The molecule has 16 heavy (non-hydrogen) atoms. The number of aromatic nitrogens is 2. The highest BCUT2D eigenvalue weighted by Crippen LogP contribution is 2.22. The van der Waals surface area contributed by atoms with Crippen molar-refractivity contribution in [3.8, 4) is 0 Å². The Bertz CT molecular complexity index is 421. The van der Waals surface area contributed by atoms with Crippen molar-refractivity contribution in [1.82, 2.24) is 9.97 Å². The Morgan fingerprint density at radius 3 is 2.62 bits per heavy atom. The normalized spacial score (nSPS) is 14.6. The fourth-order valence-electron chi connectivity index (χ4n) is 2.28. The van der Waals surface area contributed by atoms with E-state index in [9.17, 15) is 0 Å². The van der Waals surface area contributed by atoms with E-state index in [0.29, 0.717) is 0 Å². The Labute approximate surface area is 102 Å². The summed E-state index contributed by atoms with van der Waals surface area (Å²) in [4.78, 5) is 10.2. The van der Waals surface area contributed by atoms with Gasteiger partial charge in [-0.25, -0.2) is 4.98 Å². The largest absolute Gasteiger partial charge is 0.343 e. The lowest BCUT2D eigenvalue weighted by Crippen LogP contribution is -2.25. The molecule has 2 rings (SSSR count). The van der Waals surface area contributed by atoms with Gasteiger partial charge in [-0.2, -0.15) is 0 Å². The minimum Gasteiger partial charge on any atom is -0.343 e. The third kappa shape index (κ3) is 2.12. The van der Waals surface area contributed by atoms with Crippen molar-refractivity contribution >= 4 is 18.2 Å². The van der Waals surface area contributed by atoms with Crippen LogP contribution in [0.4, 0.5) is 5.95 Å². The second-order valence-corrected chi connectivity index (χ2v) is 4.59. The van der Waals surface area contributed by atoms with Crippen LogP contribution >= 0.6 is 12.2 Å². The third-order valence-electron chi connectivity index (χ3n) is 3.26. The van der Waals surface area contributed by atoms with Crippen LogP contribution in [0.5, 0.6) is 0 Å². The maximum Gasteiger partial charge on any atom is 0.204 e. The quantitative estimate of drug-likeness (QED) is 0.820. The van der Waals surface area contributed by atoms with Gasteiger partial charge in [0, 0.05) is 24.3 Å². The van der Waals surface area contributed by atoms with Crippen LogP contribution in [0, 0.1) is 4.64 Å². The molecule has 88 valence electrons. The van der Waals surface area contributed by atoms with Crippen molar-refractivity contribution in [3.63, 3.8) is 0 Å². The lowest BCUT2D eigenvalue weighted by Gasteiger charge is -2.23. The summed E-state index contributed by atoms with van der Waals surface area (Å²) in [6.45, 7) is 6.21. The number of H-pyrrole nitrogens is 1. The van der Waals surface area contributed by atoms with E-state index in [1.54, 1.807) is 0 Å². The highest BCUT2D eigenvalue weighted by molar-refractivity contribution is 7.71. The fourth-order valence-corrected chi connectivity index (χ4v) is 2.59. The number of hydrogen-bond acceptors (Lipinski definition) is 3. The van der Waals surface area contributed by atoms with E-state index in [4.69, 9.17) is 12.2 Å². The molecule has 0 saturated carbocycles. The Hall–Kier alpha value is -0.900. The van der Waals surface area contributed by atoms with Gasteiger partial charge in [0.2, 0.25) is 5.95 Å². The number of nitrogens with zero attached hydrogens (tertiary/aromatic N) is 2. The summed E-state index contributed by atoms with van der Waals surface area (Å²) in [7, 11) is 0. The van der Waals surface area contributed by atoms with Gasteiger partial charge in [-0.3, -0.25) is 0 Å². The van der Waals surface area contributed by atoms with E-state index in [-0.39, 0.29) is 0 Å². The van der Waals surface area contributed by atoms with E-state index in [0.717, 1.165) is 36.5 Å². The Morgan fingerprint density at radius 1 is 1.25 bits per heavy atom. The van der Waals surface area contributed by atoms with Crippen LogP contribution in [0.3, 0.4) is 0 Å². The van der Waals surface area contributed by atoms with E-state index in [1.807, 2.05) is 0 Å². The molecule has 0 unspecified atom stereocenters. The molecule has 1 aromatic rings. The first-order chi connectivity index (χ1) is 7.76. The van der Waals surface area contributed by atoms with Gasteiger partial charge in [0.25, 0.3) is 0 Å². The van der Waals surface area contributed by atoms with E-state index in [2.05, 4.69) is 28.7 Å². The molecule has 3 nitrogen and oxygen atoms in total. The summed E-state index contributed by atoms with van der Waals surface area (Å²) in [5.74, 6) is 0.940. The zero-order valence-electron chi connectivity index (χ0n) is 10.0. The number of rotatable bonds is 3. The first kappa shape index (κ1) is 11.6. The average Bonchev–Trinajstić information content (AvgIpc) is 2.31. The van der Waals surface area contributed by atoms with Crippen molar-refractivity contribution in [2.45, 2.75) is 39.5 Å². The minimum absolute atomic E-state index is 0.801. The zero-order chi connectivity index (χ0) is 11.5. The van der Waals surface area contributed by atoms with E-state index < -0.39 is 0 Å². The first-order valence-electron chi connectivity index (χ1n) is 6.13. The topological polar surface area (TPSA) is 31.9 Å². The molecule has 0 amide bonds. The molecule has 0 fully saturated rings. The molecule has 0 radical (unpaired) electrons. The van der Waals surface area contributed by atoms with E-state index >= 15 is 0 Å². The standard InChI is InChI=1S/C12H19N3S/c1-3-15(4-2)12-13-10-8-6-5-7-9(10)11(16)14-12/h3-8H2,1-2H3,(H,13,14,16). The molecule has 0 aliphatic heterocycles. The maximum atomic E-state index is 5.38. The minimum atomic E-state index is 0.801. The Balaban J connectivity index is 2.42. The highest BCUT2D eigenvalue weighted by Gasteiger charge is 2.14. The Kier molecular flexibility index (Phi) is 3.59. The van der Waals surface area contributed by atoms with Gasteiger partial charge < -0.3 is 9.88 Å². The van der Waals surface area contributed by atoms with Crippen LogP contribution < -0.4 is 4.90 Å².